The Labute approximate surface area is 197 Å². The van der Waals surface area contributed by atoms with Crippen molar-refractivity contribution in [2.45, 2.75) is 12.6 Å². The van der Waals surface area contributed by atoms with Gasteiger partial charge in [-0.05, 0) is 23.8 Å². The smallest absolute Gasteiger partial charge is 0.416 e. The molecule has 182 valence electrons. The SMILES string of the molecule is N#Cc1nc(-c2ccco2)oc1N1CCN(C(=O)COC(=O)Cc2cccc(C(F)(F)F)c2)CC1. The Balaban J connectivity index is 1.28. The Morgan fingerprint density at radius 3 is 2.57 bits per heavy atom. The van der Waals surface area contributed by atoms with Crippen LogP contribution in [0.5, 0.6) is 0 Å². The van der Waals surface area contributed by atoms with Crippen LogP contribution in [0.1, 0.15) is 16.8 Å². The van der Waals surface area contributed by atoms with Gasteiger partial charge in [0.05, 0.1) is 18.2 Å². The summed E-state index contributed by atoms with van der Waals surface area (Å²) in [7, 11) is 0. The van der Waals surface area contributed by atoms with E-state index in [1.807, 2.05) is 6.07 Å². The summed E-state index contributed by atoms with van der Waals surface area (Å²) in [6.45, 7) is 0.750. The van der Waals surface area contributed by atoms with Gasteiger partial charge in [-0.25, -0.2) is 0 Å². The molecule has 0 unspecified atom stereocenters. The number of rotatable bonds is 6. The molecule has 4 rings (SSSR count). The molecule has 12 heteroatoms. The van der Waals surface area contributed by atoms with Crippen LogP contribution >= 0.6 is 0 Å². The number of benzene rings is 1. The van der Waals surface area contributed by atoms with E-state index in [2.05, 4.69) is 4.98 Å². The minimum Gasteiger partial charge on any atom is -0.459 e. The number of hydrogen-bond acceptors (Lipinski definition) is 8. The van der Waals surface area contributed by atoms with Crippen molar-refractivity contribution >= 4 is 17.8 Å². The van der Waals surface area contributed by atoms with Crippen molar-refractivity contribution in [1.82, 2.24) is 9.88 Å². The van der Waals surface area contributed by atoms with Crippen molar-refractivity contribution in [3.8, 4) is 17.7 Å². The largest absolute Gasteiger partial charge is 0.459 e. The van der Waals surface area contributed by atoms with Gasteiger partial charge in [0.2, 0.25) is 11.6 Å². The van der Waals surface area contributed by atoms with E-state index in [0.29, 0.717) is 18.8 Å². The molecule has 1 amide bonds. The first-order valence-electron chi connectivity index (χ1n) is 10.5. The number of anilines is 1. The molecule has 1 fully saturated rings. The Kier molecular flexibility index (Phi) is 6.77. The lowest BCUT2D eigenvalue weighted by Crippen LogP contribution is -2.50. The van der Waals surface area contributed by atoms with E-state index < -0.39 is 30.2 Å². The fourth-order valence-electron chi connectivity index (χ4n) is 3.57. The number of hydrogen-bond donors (Lipinski definition) is 0. The monoisotopic (exact) mass is 488 g/mol. The normalized spacial score (nSPS) is 14.0. The fraction of sp³-hybridized carbons (Fsp3) is 0.304. The number of oxazole rings is 1. The third-order valence-electron chi connectivity index (χ3n) is 5.33. The molecule has 35 heavy (non-hydrogen) atoms. The van der Waals surface area contributed by atoms with E-state index >= 15 is 0 Å². The van der Waals surface area contributed by atoms with Gasteiger partial charge in [0.15, 0.2) is 12.4 Å². The Morgan fingerprint density at radius 2 is 1.91 bits per heavy atom. The lowest BCUT2D eigenvalue weighted by molar-refractivity contribution is -0.151. The number of halogens is 3. The number of amides is 1. The maximum absolute atomic E-state index is 12.8. The molecule has 0 bridgehead atoms. The number of ether oxygens (including phenoxy) is 1. The summed E-state index contributed by atoms with van der Waals surface area (Å²) in [4.78, 5) is 31.9. The Hall–Kier alpha value is -4.27. The number of esters is 1. The van der Waals surface area contributed by atoms with E-state index in [1.165, 1.54) is 23.3 Å². The highest BCUT2D eigenvalue weighted by Gasteiger charge is 2.31. The van der Waals surface area contributed by atoms with Crippen LogP contribution in [0.25, 0.3) is 11.7 Å². The first-order valence-corrected chi connectivity index (χ1v) is 10.5. The van der Waals surface area contributed by atoms with E-state index in [1.54, 1.807) is 17.0 Å². The highest BCUT2D eigenvalue weighted by atomic mass is 19.4. The van der Waals surface area contributed by atoms with Crippen LogP contribution in [0.4, 0.5) is 19.1 Å². The maximum atomic E-state index is 12.8. The topological polar surface area (TPSA) is 113 Å². The summed E-state index contributed by atoms with van der Waals surface area (Å²) in [5.74, 6) is -0.404. The average molecular weight is 488 g/mol. The number of nitrogens with zero attached hydrogens (tertiary/aromatic N) is 4. The molecule has 1 aliphatic rings. The number of carbonyl (C=O) groups is 2. The zero-order valence-corrected chi connectivity index (χ0v) is 18.2. The van der Waals surface area contributed by atoms with Crippen molar-refractivity contribution < 1.29 is 36.3 Å². The molecule has 1 aliphatic heterocycles. The van der Waals surface area contributed by atoms with Gasteiger partial charge in [0.1, 0.15) is 6.07 Å². The summed E-state index contributed by atoms with van der Waals surface area (Å²) < 4.78 is 54.4. The molecule has 9 nitrogen and oxygen atoms in total. The second-order valence-electron chi connectivity index (χ2n) is 7.67. The molecule has 2 aromatic heterocycles. The molecule has 0 radical (unpaired) electrons. The first kappa shape index (κ1) is 23.9. The van der Waals surface area contributed by atoms with Gasteiger partial charge in [-0.2, -0.15) is 23.4 Å². The summed E-state index contributed by atoms with van der Waals surface area (Å²) in [5.41, 5.74) is -0.626. The van der Waals surface area contributed by atoms with Gasteiger partial charge in [-0.1, -0.05) is 18.2 Å². The number of furan rings is 1. The number of piperazine rings is 1. The van der Waals surface area contributed by atoms with Crippen LogP contribution in [0, 0.1) is 11.3 Å². The third-order valence-corrected chi connectivity index (χ3v) is 5.33. The van der Waals surface area contributed by atoms with Gasteiger partial charge in [-0.3, -0.25) is 9.59 Å². The minimum atomic E-state index is -4.52. The quantitative estimate of drug-likeness (QED) is 0.486. The van der Waals surface area contributed by atoms with E-state index in [4.69, 9.17) is 13.6 Å². The van der Waals surface area contributed by atoms with Crippen molar-refractivity contribution in [2.75, 3.05) is 37.7 Å². The van der Waals surface area contributed by atoms with Gasteiger partial charge < -0.3 is 23.4 Å². The second kappa shape index (κ2) is 9.92. The third kappa shape index (κ3) is 5.63. The molecule has 0 atom stereocenters. The van der Waals surface area contributed by atoms with Gasteiger partial charge >= 0.3 is 12.1 Å². The highest BCUT2D eigenvalue weighted by Crippen LogP contribution is 2.30. The molecule has 1 saturated heterocycles. The summed E-state index contributed by atoms with van der Waals surface area (Å²) in [6.07, 6.45) is -3.44. The molecule has 3 heterocycles. The van der Waals surface area contributed by atoms with E-state index in [0.717, 1.165) is 12.1 Å². The van der Waals surface area contributed by atoms with Crippen LogP contribution < -0.4 is 4.90 Å². The summed E-state index contributed by atoms with van der Waals surface area (Å²) >= 11 is 0. The molecule has 0 spiro atoms. The van der Waals surface area contributed by atoms with Crippen molar-refractivity contribution in [2.24, 2.45) is 0 Å². The molecule has 0 saturated carbocycles. The highest BCUT2D eigenvalue weighted by molar-refractivity contribution is 5.81. The number of carbonyl (C=O) groups excluding carboxylic acids is 2. The van der Waals surface area contributed by atoms with Gasteiger partial charge in [0.25, 0.3) is 11.8 Å². The predicted molar refractivity (Wildman–Crippen MR) is 114 cm³/mol. The van der Waals surface area contributed by atoms with Gasteiger partial charge in [-0.15, -0.1) is 0 Å². The summed E-state index contributed by atoms with van der Waals surface area (Å²) in [6, 6.07) is 9.68. The van der Waals surface area contributed by atoms with Crippen LogP contribution in [0.3, 0.4) is 0 Å². The van der Waals surface area contributed by atoms with Crippen molar-refractivity contribution in [3.05, 3.63) is 59.5 Å². The predicted octanol–water partition coefficient (Wildman–Crippen LogP) is 3.26. The van der Waals surface area contributed by atoms with Crippen LogP contribution in [-0.4, -0.2) is 54.5 Å². The Bertz CT molecular complexity index is 1240. The molecule has 1 aromatic carbocycles. The minimum absolute atomic E-state index is 0.0969. The van der Waals surface area contributed by atoms with Gasteiger partial charge in [0, 0.05) is 26.2 Å². The standard InChI is InChI=1S/C23H19F3N4O5/c24-23(25,26)16-4-1-3-15(11-16)12-20(32)34-14-19(31)29-6-8-30(9-7-29)22-17(13-27)28-21(35-22)18-5-2-10-33-18/h1-5,10-11H,6-9,12,14H2. The number of nitriles is 1. The lowest BCUT2D eigenvalue weighted by Gasteiger charge is -2.34. The molecular weight excluding hydrogens is 469 g/mol. The van der Waals surface area contributed by atoms with Crippen LogP contribution in [0.2, 0.25) is 0 Å². The van der Waals surface area contributed by atoms with E-state index in [9.17, 15) is 28.0 Å². The second-order valence-corrected chi connectivity index (χ2v) is 7.67. The van der Waals surface area contributed by atoms with E-state index in [-0.39, 0.29) is 42.5 Å². The van der Waals surface area contributed by atoms with Crippen molar-refractivity contribution in [3.63, 3.8) is 0 Å². The zero-order valence-electron chi connectivity index (χ0n) is 18.2. The molecule has 3 aromatic rings. The fourth-order valence-corrected chi connectivity index (χ4v) is 3.57. The van der Waals surface area contributed by atoms with Crippen LogP contribution in [-0.2, 0) is 26.9 Å². The zero-order chi connectivity index (χ0) is 25.0. The number of alkyl halides is 3. The van der Waals surface area contributed by atoms with Crippen LogP contribution in [0.15, 0.2) is 51.5 Å². The molecule has 0 aliphatic carbocycles. The Morgan fingerprint density at radius 1 is 1.14 bits per heavy atom. The molecule has 0 N–H and O–H groups in total. The first-order chi connectivity index (χ1) is 16.7. The lowest BCUT2D eigenvalue weighted by atomic mass is 10.1. The average Bonchev–Trinajstić information content (AvgIpc) is 3.52. The molecular formula is C23H19F3N4O5. The maximum Gasteiger partial charge on any atom is 0.416 e. The summed E-state index contributed by atoms with van der Waals surface area (Å²) in [5, 5.41) is 9.38. The number of aromatic nitrogens is 1. The van der Waals surface area contributed by atoms with Crippen molar-refractivity contribution in [1.29, 1.82) is 5.26 Å².